The van der Waals surface area contributed by atoms with E-state index in [1.807, 2.05) is 6.07 Å². The molecule has 4 heteroatoms. The van der Waals surface area contributed by atoms with Crippen LogP contribution in [0.2, 0.25) is 0 Å². The van der Waals surface area contributed by atoms with E-state index < -0.39 is 5.41 Å². The number of hydrogen-bond donors (Lipinski definition) is 0. The van der Waals surface area contributed by atoms with E-state index >= 15 is 0 Å². The van der Waals surface area contributed by atoms with Gasteiger partial charge in [-0.25, -0.2) is 0 Å². The summed E-state index contributed by atoms with van der Waals surface area (Å²) in [6.07, 6.45) is 15.8. The Labute approximate surface area is 387 Å². The predicted molar refractivity (Wildman–Crippen MR) is 273 cm³/mol. The van der Waals surface area contributed by atoms with Gasteiger partial charge in [0.2, 0.25) is 0 Å². The maximum atomic E-state index is 6.71. The zero-order valence-electron chi connectivity index (χ0n) is 36.4. The number of aromatic nitrogens is 1. The third-order valence-corrected chi connectivity index (χ3v) is 15.8. The van der Waals surface area contributed by atoms with Crippen LogP contribution in [0.15, 0.2) is 215 Å². The van der Waals surface area contributed by atoms with E-state index in [0.29, 0.717) is 0 Å². The molecule has 0 saturated heterocycles. The molecule has 16 rings (SSSR count). The summed E-state index contributed by atoms with van der Waals surface area (Å²) < 4.78 is 15.7. The van der Waals surface area contributed by atoms with Crippen molar-refractivity contribution in [3.8, 4) is 22.6 Å². The summed E-state index contributed by atoms with van der Waals surface area (Å²) in [5, 5.41) is 4.72. The van der Waals surface area contributed by atoms with Gasteiger partial charge in [0.15, 0.2) is 0 Å². The van der Waals surface area contributed by atoms with Crippen molar-refractivity contribution in [1.82, 2.24) is 4.57 Å². The summed E-state index contributed by atoms with van der Waals surface area (Å²) in [7, 11) is 0. The molecule has 4 heterocycles. The summed E-state index contributed by atoms with van der Waals surface area (Å²) in [5.41, 5.74) is 22.6. The van der Waals surface area contributed by atoms with Crippen molar-refractivity contribution in [2.75, 3.05) is 4.90 Å². The number of allylic oxidation sites excluding steroid dienone is 3. The number of ether oxygens (including phenoxy) is 1. The van der Waals surface area contributed by atoms with Crippen LogP contribution in [0, 0.1) is 0 Å². The average molecular weight is 857 g/mol. The maximum Gasteiger partial charge on any atom is 0.137 e. The van der Waals surface area contributed by atoms with Crippen LogP contribution in [0.25, 0.3) is 78.3 Å². The van der Waals surface area contributed by atoms with Crippen LogP contribution >= 0.6 is 0 Å². The zero-order valence-corrected chi connectivity index (χ0v) is 36.4. The van der Waals surface area contributed by atoms with Crippen LogP contribution in [-0.2, 0) is 5.41 Å². The summed E-state index contributed by atoms with van der Waals surface area (Å²) in [5.74, 6) is 0.986. The quantitative estimate of drug-likeness (QED) is 0.174. The van der Waals surface area contributed by atoms with Gasteiger partial charge in [0.25, 0.3) is 0 Å². The number of rotatable bonds is 2. The molecule has 6 aliphatic rings. The highest BCUT2D eigenvalue weighted by molar-refractivity contribution is 6.17. The van der Waals surface area contributed by atoms with E-state index in [1.54, 1.807) is 0 Å². The van der Waals surface area contributed by atoms with Gasteiger partial charge in [-0.05, 0) is 117 Å². The minimum Gasteiger partial charge on any atom is -0.485 e. The second-order valence-electron chi connectivity index (χ2n) is 19.0. The summed E-state index contributed by atoms with van der Waals surface area (Å²) in [6.45, 7) is 0. The van der Waals surface area contributed by atoms with Crippen molar-refractivity contribution >= 4 is 67.2 Å². The molecule has 4 aliphatic carbocycles. The lowest BCUT2D eigenvalue weighted by Crippen LogP contribution is -2.34. The van der Waals surface area contributed by atoms with E-state index in [9.17, 15) is 0 Å². The van der Waals surface area contributed by atoms with E-state index in [1.165, 1.54) is 94.5 Å². The lowest BCUT2D eigenvalue weighted by atomic mass is 9.66. The number of benzene rings is 8. The Morgan fingerprint density at radius 1 is 0.522 bits per heavy atom. The van der Waals surface area contributed by atoms with Gasteiger partial charge in [-0.15, -0.1) is 0 Å². The monoisotopic (exact) mass is 856 g/mol. The average Bonchev–Trinajstić information content (AvgIpc) is 4.15. The molecule has 2 unspecified atom stereocenters. The molecule has 2 atom stereocenters. The largest absolute Gasteiger partial charge is 0.485 e. The molecule has 2 aromatic heterocycles. The van der Waals surface area contributed by atoms with Crippen LogP contribution in [0.1, 0.15) is 51.8 Å². The Balaban J connectivity index is 0.949. The van der Waals surface area contributed by atoms with Crippen LogP contribution in [0.5, 0.6) is 5.75 Å². The Morgan fingerprint density at radius 2 is 1.21 bits per heavy atom. The molecule has 0 N–H and O–H groups in total. The topological polar surface area (TPSA) is 30.5 Å². The van der Waals surface area contributed by atoms with Crippen LogP contribution in [-0.4, -0.2) is 16.7 Å². The maximum absolute atomic E-state index is 6.71. The minimum atomic E-state index is -0.629. The molecular weight excluding hydrogens is 817 g/mol. The van der Waals surface area contributed by atoms with Crippen LogP contribution in [0.4, 0.5) is 5.69 Å². The Kier molecular flexibility index (Phi) is 6.94. The number of furan rings is 1. The molecule has 0 saturated carbocycles. The first-order valence-electron chi connectivity index (χ1n) is 23.6. The smallest absolute Gasteiger partial charge is 0.137 e. The number of fused-ring (bicyclic) bond motifs is 20. The number of nitrogens with zero attached hydrogens (tertiary/aromatic N) is 2. The molecule has 314 valence electrons. The van der Waals surface area contributed by atoms with Gasteiger partial charge in [-0.3, -0.25) is 0 Å². The van der Waals surface area contributed by atoms with E-state index in [4.69, 9.17) is 9.15 Å². The fourth-order valence-corrected chi connectivity index (χ4v) is 13.1. The zero-order chi connectivity index (χ0) is 43.5. The van der Waals surface area contributed by atoms with Crippen molar-refractivity contribution in [2.24, 2.45) is 0 Å². The highest BCUT2D eigenvalue weighted by atomic mass is 16.5. The third-order valence-electron chi connectivity index (χ3n) is 15.8. The van der Waals surface area contributed by atoms with Gasteiger partial charge in [-0.1, -0.05) is 146 Å². The van der Waals surface area contributed by atoms with E-state index in [0.717, 1.165) is 51.7 Å². The highest BCUT2D eigenvalue weighted by Crippen LogP contribution is 2.60. The first kappa shape index (κ1) is 35.9. The van der Waals surface area contributed by atoms with Crippen molar-refractivity contribution in [3.63, 3.8) is 0 Å². The van der Waals surface area contributed by atoms with Crippen molar-refractivity contribution in [1.29, 1.82) is 0 Å². The molecule has 4 nitrogen and oxygen atoms in total. The molecule has 0 radical (unpaired) electrons. The normalized spacial score (nSPS) is 18.8. The standard InChI is InChI=1S/C63H40N2O2/c1-7-19-51-41(13-1)42-14-2-8-20-52(42)63(51)53-31-39(64-55-21-9-3-15-43(55)47-33-49-45-17-5-11-23-59(45)66-61(49)35-57(47)64)29-27-37(53)25-26-38-28-30-40(32-54(38)63)65-56-22-10-4-16-44(56)48-34-50-46-18-6-12-24-60(46)67-62(50)36-58(48)65/h1-21,23-35,56,62H,22,36H2. The van der Waals surface area contributed by atoms with E-state index in [2.05, 4.69) is 210 Å². The van der Waals surface area contributed by atoms with Crippen LogP contribution in [0.3, 0.4) is 0 Å². The van der Waals surface area contributed by atoms with Gasteiger partial charge >= 0.3 is 0 Å². The molecule has 0 bridgehead atoms. The van der Waals surface area contributed by atoms with Crippen molar-refractivity contribution in [2.45, 2.75) is 30.4 Å². The third kappa shape index (κ3) is 4.62. The molecule has 1 spiro atoms. The fraction of sp³-hybridized carbons (Fsp3) is 0.0794. The van der Waals surface area contributed by atoms with Gasteiger partial charge in [0, 0.05) is 62.2 Å². The summed E-state index contributed by atoms with van der Waals surface area (Å²) >= 11 is 0. The Bertz CT molecular complexity index is 4010. The fourth-order valence-electron chi connectivity index (χ4n) is 13.1. The van der Waals surface area contributed by atoms with Gasteiger partial charge < -0.3 is 18.6 Å². The molecule has 10 aromatic rings. The second kappa shape index (κ2) is 12.9. The van der Waals surface area contributed by atoms with Crippen molar-refractivity contribution < 1.29 is 9.15 Å². The summed E-state index contributed by atoms with van der Waals surface area (Å²) in [6, 6.07) is 63.3. The molecule has 8 aromatic carbocycles. The van der Waals surface area contributed by atoms with Gasteiger partial charge in [0.1, 0.15) is 23.0 Å². The predicted octanol–water partition coefficient (Wildman–Crippen LogP) is 15.1. The van der Waals surface area contributed by atoms with Crippen LogP contribution < -0.4 is 9.64 Å². The lowest BCUT2D eigenvalue weighted by molar-refractivity contribution is 0.274. The molecule has 67 heavy (non-hydrogen) atoms. The molecule has 0 amide bonds. The highest BCUT2D eigenvalue weighted by Gasteiger charge is 2.50. The number of para-hydroxylation sites is 3. The van der Waals surface area contributed by atoms with E-state index in [-0.39, 0.29) is 12.1 Å². The Hall–Kier alpha value is -8.34. The molecular formula is C63H40N2O2. The minimum absolute atomic E-state index is 0.00913. The van der Waals surface area contributed by atoms with Gasteiger partial charge in [0.05, 0.1) is 22.5 Å². The lowest BCUT2D eigenvalue weighted by Gasteiger charge is -2.37. The molecule has 0 fully saturated rings. The van der Waals surface area contributed by atoms with Crippen molar-refractivity contribution in [3.05, 3.63) is 250 Å². The SMILES string of the molecule is C1=CCC2C(=C1)C1=C(CC3Oc4ccccc4C3=C1)N2c1ccc2c(c1)C1(c3cc(-n4c5ccccc5c5cc6c(cc54)oc4ccccc46)ccc3C=C2)c2ccccc2-c2ccccc21. The Morgan fingerprint density at radius 3 is 2.03 bits per heavy atom. The number of hydrogen-bond acceptors (Lipinski definition) is 3. The first-order valence-corrected chi connectivity index (χ1v) is 23.6. The van der Waals surface area contributed by atoms with Gasteiger partial charge in [-0.2, -0.15) is 0 Å². The summed E-state index contributed by atoms with van der Waals surface area (Å²) in [4.78, 5) is 2.66. The molecule has 2 aliphatic heterocycles. The second-order valence-corrected chi connectivity index (χ2v) is 19.0. The number of anilines is 1. The first-order chi connectivity index (χ1) is 33.2.